The number of carboxylic acid groups (broad SMARTS) is 1. The predicted octanol–water partition coefficient (Wildman–Crippen LogP) is 1.51. The number of likely N-dealkylation sites (tertiary alicyclic amines) is 1. The predicted molar refractivity (Wildman–Crippen MR) is 63.7 cm³/mol. The summed E-state index contributed by atoms with van der Waals surface area (Å²) < 4.78 is 2.00. The van der Waals surface area contributed by atoms with Gasteiger partial charge in [-0.1, -0.05) is 6.92 Å². The van der Waals surface area contributed by atoms with Crippen molar-refractivity contribution in [3.8, 4) is 0 Å². The van der Waals surface area contributed by atoms with E-state index in [0.717, 1.165) is 38.0 Å². The minimum Gasteiger partial charge on any atom is -0.480 e. The molecule has 1 N–H and O–H groups in total. The number of rotatable bonds is 5. The number of aliphatic carboxylic acids is 1. The van der Waals surface area contributed by atoms with Crippen molar-refractivity contribution < 1.29 is 9.90 Å². The molecule has 1 fully saturated rings. The van der Waals surface area contributed by atoms with Gasteiger partial charge >= 0.3 is 5.97 Å². The molecule has 1 aromatic heterocycles. The second kappa shape index (κ2) is 5.31. The summed E-state index contributed by atoms with van der Waals surface area (Å²) in [6.45, 7) is 4.02. The Balaban J connectivity index is 2.14. The topological polar surface area (TPSA) is 58.4 Å². The fourth-order valence-corrected chi connectivity index (χ4v) is 2.55. The first-order valence-electron chi connectivity index (χ1n) is 6.20. The van der Waals surface area contributed by atoms with E-state index in [2.05, 4.69) is 12.0 Å². The van der Waals surface area contributed by atoms with Crippen LogP contribution >= 0.6 is 0 Å². The zero-order valence-corrected chi connectivity index (χ0v) is 10.2. The molecule has 0 radical (unpaired) electrons. The molecule has 5 nitrogen and oxygen atoms in total. The molecule has 1 aliphatic rings. The highest BCUT2D eigenvalue weighted by Crippen LogP contribution is 2.31. The van der Waals surface area contributed by atoms with E-state index in [1.54, 1.807) is 0 Å². The van der Waals surface area contributed by atoms with Crippen LogP contribution in [0.25, 0.3) is 0 Å². The van der Waals surface area contributed by atoms with Gasteiger partial charge in [-0.05, 0) is 31.9 Å². The third kappa shape index (κ3) is 2.66. The molecule has 0 spiro atoms. The molecule has 94 valence electrons. The van der Waals surface area contributed by atoms with Crippen LogP contribution in [0.1, 0.15) is 37.9 Å². The van der Waals surface area contributed by atoms with Crippen LogP contribution in [0, 0.1) is 0 Å². The first-order valence-corrected chi connectivity index (χ1v) is 6.20. The van der Waals surface area contributed by atoms with E-state index in [9.17, 15) is 4.79 Å². The van der Waals surface area contributed by atoms with Crippen LogP contribution in [0.5, 0.6) is 0 Å². The molecule has 0 aliphatic carbocycles. The maximum absolute atomic E-state index is 10.8. The third-order valence-corrected chi connectivity index (χ3v) is 3.23. The van der Waals surface area contributed by atoms with Gasteiger partial charge < -0.3 is 5.11 Å². The number of carboxylic acids is 1. The summed E-state index contributed by atoms with van der Waals surface area (Å²) >= 11 is 0. The van der Waals surface area contributed by atoms with E-state index in [1.165, 1.54) is 0 Å². The second-order valence-electron chi connectivity index (χ2n) is 4.50. The van der Waals surface area contributed by atoms with Gasteiger partial charge in [0, 0.05) is 12.7 Å². The van der Waals surface area contributed by atoms with E-state index in [4.69, 9.17) is 5.11 Å². The van der Waals surface area contributed by atoms with E-state index >= 15 is 0 Å². The van der Waals surface area contributed by atoms with Crippen molar-refractivity contribution in [3.63, 3.8) is 0 Å². The van der Waals surface area contributed by atoms with Crippen molar-refractivity contribution in [1.82, 2.24) is 14.7 Å². The first kappa shape index (κ1) is 12.1. The molecule has 0 amide bonds. The average Bonchev–Trinajstić information content (AvgIpc) is 2.86. The van der Waals surface area contributed by atoms with Gasteiger partial charge in [0.25, 0.3) is 0 Å². The summed E-state index contributed by atoms with van der Waals surface area (Å²) in [6.07, 6.45) is 4.94. The van der Waals surface area contributed by atoms with Gasteiger partial charge in [-0.2, -0.15) is 5.10 Å². The van der Waals surface area contributed by atoms with Crippen LogP contribution in [-0.2, 0) is 11.3 Å². The van der Waals surface area contributed by atoms with Gasteiger partial charge in [0.2, 0.25) is 0 Å². The van der Waals surface area contributed by atoms with Crippen molar-refractivity contribution in [3.05, 3.63) is 18.0 Å². The van der Waals surface area contributed by atoms with E-state index in [-0.39, 0.29) is 12.6 Å². The summed E-state index contributed by atoms with van der Waals surface area (Å²) in [4.78, 5) is 12.9. The second-order valence-corrected chi connectivity index (χ2v) is 4.50. The number of nitrogens with zero attached hydrogens (tertiary/aromatic N) is 3. The number of aryl methyl sites for hydroxylation is 1. The van der Waals surface area contributed by atoms with E-state index in [1.807, 2.05) is 21.8 Å². The van der Waals surface area contributed by atoms with Gasteiger partial charge in [-0.3, -0.25) is 14.4 Å². The molecule has 0 aromatic carbocycles. The molecule has 1 aliphatic heterocycles. The van der Waals surface area contributed by atoms with Crippen LogP contribution in [0.4, 0.5) is 0 Å². The molecule has 1 aromatic rings. The summed E-state index contributed by atoms with van der Waals surface area (Å²) in [5.41, 5.74) is 1.16. The lowest BCUT2D eigenvalue weighted by atomic mass is 10.1. The lowest BCUT2D eigenvalue weighted by Gasteiger charge is -2.23. The Hall–Kier alpha value is -1.36. The normalized spacial score (nSPS) is 20.9. The van der Waals surface area contributed by atoms with E-state index in [0.29, 0.717) is 0 Å². The molecule has 17 heavy (non-hydrogen) atoms. The summed E-state index contributed by atoms with van der Waals surface area (Å²) in [5.74, 6) is -0.751. The zero-order chi connectivity index (χ0) is 12.3. The fraction of sp³-hybridized carbons (Fsp3) is 0.667. The Kier molecular flexibility index (Phi) is 3.78. The Labute approximate surface area is 101 Å². The van der Waals surface area contributed by atoms with Crippen LogP contribution in [0.2, 0.25) is 0 Å². The van der Waals surface area contributed by atoms with Gasteiger partial charge in [0.1, 0.15) is 0 Å². The molecule has 1 atom stereocenters. The summed E-state index contributed by atoms with van der Waals surface area (Å²) in [7, 11) is 0. The molecule has 5 heteroatoms. The fourth-order valence-electron chi connectivity index (χ4n) is 2.55. The van der Waals surface area contributed by atoms with Gasteiger partial charge in [-0.15, -0.1) is 0 Å². The minimum absolute atomic E-state index is 0.127. The quantitative estimate of drug-likeness (QED) is 0.843. The maximum Gasteiger partial charge on any atom is 0.317 e. The van der Waals surface area contributed by atoms with Crippen LogP contribution in [0.3, 0.4) is 0 Å². The Morgan fingerprint density at radius 2 is 2.47 bits per heavy atom. The third-order valence-electron chi connectivity index (χ3n) is 3.23. The highest BCUT2D eigenvalue weighted by atomic mass is 16.4. The molecule has 2 heterocycles. The van der Waals surface area contributed by atoms with Gasteiger partial charge in [0.05, 0.1) is 18.3 Å². The Morgan fingerprint density at radius 1 is 1.65 bits per heavy atom. The lowest BCUT2D eigenvalue weighted by molar-refractivity contribution is -0.138. The van der Waals surface area contributed by atoms with Crippen LogP contribution in [0.15, 0.2) is 12.3 Å². The molecular weight excluding hydrogens is 218 g/mol. The number of aromatic nitrogens is 2. The van der Waals surface area contributed by atoms with Gasteiger partial charge in [-0.25, -0.2) is 0 Å². The Bertz CT molecular complexity index is 389. The highest BCUT2D eigenvalue weighted by molar-refractivity contribution is 5.69. The van der Waals surface area contributed by atoms with Crippen LogP contribution in [-0.4, -0.2) is 38.8 Å². The first-order chi connectivity index (χ1) is 8.22. The van der Waals surface area contributed by atoms with Crippen molar-refractivity contribution >= 4 is 5.97 Å². The van der Waals surface area contributed by atoms with E-state index < -0.39 is 5.97 Å². The van der Waals surface area contributed by atoms with Crippen LogP contribution < -0.4 is 0 Å². The van der Waals surface area contributed by atoms with Crippen molar-refractivity contribution in [2.24, 2.45) is 0 Å². The zero-order valence-electron chi connectivity index (χ0n) is 10.2. The molecule has 2 rings (SSSR count). The monoisotopic (exact) mass is 237 g/mol. The molecule has 1 saturated heterocycles. The SMILES string of the molecule is CCCn1nccc1[C@H]1CCCN1CC(=O)O. The smallest absolute Gasteiger partial charge is 0.317 e. The standard InChI is InChI=1S/C12H19N3O2/c1-2-7-15-11(5-6-13-15)10-4-3-8-14(10)9-12(16)17/h5-6,10H,2-4,7-9H2,1H3,(H,16,17)/t10-/m1/s1. The molecule has 0 unspecified atom stereocenters. The number of hydrogen-bond acceptors (Lipinski definition) is 3. The van der Waals surface area contributed by atoms with Gasteiger partial charge in [0.15, 0.2) is 0 Å². The molecule has 0 saturated carbocycles. The number of carbonyl (C=O) groups is 1. The summed E-state index contributed by atoms with van der Waals surface area (Å²) in [5, 5.41) is 13.2. The molecular formula is C12H19N3O2. The maximum atomic E-state index is 10.8. The number of hydrogen-bond donors (Lipinski definition) is 1. The van der Waals surface area contributed by atoms with Crippen molar-refractivity contribution in [2.75, 3.05) is 13.1 Å². The van der Waals surface area contributed by atoms with Crippen molar-refractivity contribution in [2.45, 2.75) is 38.8 Å². The lowest BCUT2D eigenvalue weighted by Crippen LogP contribution is -2.30. The highest BCUT2D eigenvalue weighted by Gasteiger charge is 2.29. The Morgan fingerprint density at radius 3 is 3.18 bits per heavy atom. The average molecular weight is 237 g/mol. The van der Waals surface area contributed by atoms with Crippen molar-refractivity contribution in [1.29, 1.82) is 0 Å². The minimum atomic E-state index is -0.751. The molecule has 0 bridgehead atoms. The summed E-state index contributed by atoms with van der Waals surface area (Å²) in [6, 6.07) is 2.24. The largest absolute Gasteiger partial charge is 0.480 e.